The number of phenols is 1. The van der Waals surface area contributed by atoms with Gasteiger partial charge in [-0.25, -0.2) is 22.7 Å². The summed E-state index contributed by atoms with van der Waals surface area (Å²) in [5.41, 5.74) is -0.0793. The van der Waals surface area contributed by atoms with Crippen molar-refractivity contribution in [3.63, 3.8) is 0 Å². The molecule has 21 heavy (non-hydrogen) atoms. The standard InChI is InChI=1S/C11H15N3O6S/c1-21(19,20)13-5-4-12-11(18)14-8-3-2-7(10(16)17)6-9(8)15/h2-3,6,13,15H,4-5H2,1H3,(H,16,17)(H2,12,14,18). The monoisotopic (exact) mass is 317 g/mol. The number of carboxylic acids is 1. The zero-order chi connectivity index (χ0) is 16.0. The van der Waals surface area contributed by atoms with Gasteiger partial charge in [-0.2, -0.15) is 0 Å². The second-order valence-electron chi connectivity index (χ2n) is 4.08. The van der Waals surface area contributed by atoms with Gasteiger partial charge in [-0.15, -0.1) is 0 Å². The fourth-order valence-corrected chi connectivity index (χ4v) is 1.82. The summed E-state index contributed by atoms with van der Waals surface area (Å²) in [7, 11) is -3.32. The third-order valence-corrected chi connectivity index (χ3v) is 3.00. The summed E-state index contributed by atoms with van der Waals surface area (Å²) < 4.78 is 23.7. The van der Waals surface area contributed by atoms with E-state index in [2.05, 4.69) is 15.4 Å². The van der Waals surface area contributed by atoms with Gasteiger partial charge in [-0.1, -0.05) is 0 Å². The van der Waals surface area contributed by atoms with Gasteiger partial charge in [0, 0.05) is 13.1 Å². The summed E-state index contributed by atoms with van der Waals surface area (Å²) in [5.74, 6) is -1.59. The van der Waals surface area contributed by atoms with Gasteiger partial charge in [0.1, 0.15) is 5.75 Å². The van der Waals surface area contributed by atoms with Crippen molar-refractivity contribution in [1.82, 2.24) is 10.0 Å². The number of aromatic hydroxyl groups is 1. The van der Waals surface area contributed by atoms with E-state index < -0.39 is 22.0 Å². The number of aromatic carboxylic acids is 1. The molecule has 1 aromatic carbocycles. The Labute approximate surface area is 121 Å². The van der Waals surface area contributed by atoms with Crippen LogP contribution < -0.4 is 15.4 Å². The highest BCUT2D eigenvalue weighted by atomic mass is 32.2. The number of nitrogens with one attached hydrogen (secondary N) is 3. The first-order chi connectivity index (χ1) is 9.69. The van der Waals surface area contributed by atoms with Crippen LogP contribution in [0, 0.1) is 0 Å². The van der Waals surface area contributed by atoms with E-state index in [9.17, 15) is 23.1 Å². The largest absolute Gasteiger partial charge is 0.506 e. The van der Waals surface area contributed by atoms with E-state index >= 15 is 0 Å². The molecule has 0 saturated heterocycles. The Hall–Kier alpha value is -2.33. The van der Waals surface area contributed by atoms with Crippen molar-refractivity contribution in [3.05, 3.63) is 23.8 Å². The summed E-state index contributed by atoms with van der Waals surface area (Å²) in [5, 5.41) is 23.0. The molecular formula is C11H15N3O6S. The summed E-state index contributed by atoms with van der Waals surface area (Å²) in [6.45, 7) is 0.0725. The molecule has 0 fully saturated rings. The number of carbonyl (C=O) groups is 2. The first kappa shape index (κ1) is 16.7. The molecule has 0 saturated carbocycles. The third-order valence-electron chi connectivity index (χ3n) is 2.27. The van der Waals surface area contributed by atoms with Gasteiger partial charge >= 0.3 is 12.0 Å². The number of anilines is 1. The number of hydrogen-bond donors (Lipinski definition) is 5. The average molecular weight is 317 g/mol. The van der Waals surface area contributed by atoms with Crippen molar-refractivity contribution in [1.29, 1.82) is 0 Å². The number of hydrogen-bond acceptors (Lipinski definition) is 5. The summed E-state index contributed by atoms with van der Waals surface area (Å²) >= 11 is 0. The maximum Gasteiger partial charge on any atom is 0.335 e. The summed E-state index contributed by atoms with van der Waals surface area (Å²) in [6, 6.07) is 2.81. The fourth-order valence-electron chi connectivity index (χ4n) is 1.35. The number of phenolic OH excluding ortho intramolecular Hbond substituents is 1. The quantitative estimate of drug-likeness (QED) is 0.362. The number of sulfonamides is 1. The molecule has 116 valence electrons. The number of rotatable bonds is 6. The molecule has 0 aromatic heterocycles. The Balaban J connectivity index is 2.50. The van der Waals surface area contributed by atoms with E-state index in [1.54, 1.807) is 0 Å². The second kappa shape index (κ2) is 6.90. The van der Waals surface area contributed by atoms with Gasteiger partial charge in [-0.3, -0.25) is 0 Å². The number of benzene rings is 1. The predicted octanol–water partition coefficient (Wildman–Crippen LogP) is -0.239. The number of carboxylic acid groups (broad SMARTS) is 1. The highest BCUT2D eigenvalue weighted by molar-refractivity contribution is 7.88. The van der Waals surface area contributed by atoms with E-state index in [1.165, 1.54) is 12.1 Å². The fraction of sp³-hybridized carbons (Fsp3) is 0.273. The third kappa shape index (κ3) is 6.10. The minimum atomic E-state index is -3.32. The molecule has 0 aliphatic heterocycles. The van der Waals surface area contributed by atoms with Crippen LogP contribution in [0.2, 0.25) is 0 Å². The molecule has 0 radical (unpaired) electrons. The van der Waals surface area contributed by atoms with Crippen LogP contribution in [0.3, 0.4) is 0 Å². The zero-order valence-electron chi connectivity index (χ0n) is 11.1. The van der Waals surface area contributed by atoms with Crippen LogP contribution in [0.1, 0.15) is 10.4 Å². The SMILES string of the molecule is CS(=O)(=O)NCCNC(=O)Nc1ccc(C(=O)O)cc1O. The van der Waals surface area contributed by atoms with Gasteiger partial charge in [0.2, 0.25) is 10.0 Å². The van der Waals surface area contributed by atoms with Gasteiger partial charge < -0.3 is 20.8 Å². The van der Waals surface area contributed by atoms with Crippen molar-refractivity contribution < 1.29 is 28.2 Å². The Morgan fingerprint density at radius 3 is 2.43 bits per heavy atom. The van der Waals surface area contributed by atoms with E-state index in [4.69, 9.17) is 5.11 Å². The lowest BCUT2D eigenvalue weighted by atomic mass is 10.2. The second-order valence-corrected chi connectivity index (χ2v) is 5.92. The Bertz CT molecular complexity index is 643. The normalized spacial score (nSPS) is 10.9. The van der Waals surface area contributed by atoms with Gasteiger partial charge in [0.15, 0.2) is 0 Å². The van der Waals surface area contributed by atoms with Crippen molar-refractivity contribution in [2.24, 2.45) is 0 Å². The number of amides is 2. The van der Waals surface area contributed by atoms with Crippen LogP contribution in [0.15, 0.2) is 18.2 Å². The Kier molecular flexibility index (Phi) is 5.50. The van der Waals surface area contributed by atoms with E-state index in [-0.39, 0.29) is 30.1 Å². The minimum absolute atomic E-state index is 0.0240. The van der Waals surface area contributed by atoms with Gasteiger partial charge in [0.05, 0.1) is 17.5 Å². The first-order valence-electron chi connectivity index (χ1n) is 5.75. The molecule has 5 N–H and O–H groups in total. The van der Waals surface area contributed by atoms with E-state index in [1.807, 2.05) is 0 Å². The minimum Gasteiger partial charge on any atom is -0.506 e. The van der Waals surface area contributed by atoms with Crippen LogP contribution in [0.25, 0.3) is 0 Å². The molecule has 9 nitrogen and oxygen atoms in total. The summed E-state index contributed by atoms with van der Waals surface area (Å²) in [4.78, 5) is 22.2. The molecule has 0 atom stereocenters. The van der Waals surface area contributed by atoms with Crippen molar-refractivity contribution >= 4 is 27.7 Å². The molecule has 0 heterocycles. The zero-order valence-corrected chi connectivity index (χ0v) is 11.9. The maximum absolute atomic E-state index is 11.5. The maximum atomic E-state index is 11.5. The molecule has 10 heteroatoms. The number of urea groups is 1. The lowest BCUT2D eigenvalue weighted by Gasteiger charge is -2.09. The van der Waals surface area contributed by atoms with Gasteiger partial charge in [-0.05, 0) is 18.2 Å². The highest BCUT2D eigenvalue weighted by Crippen LogP contribution is 2.24. The Morgan fingerprint density at radius 1 is 1.24 bits per heavy atom. The lowest BCUT2D eigenvalue weighted by Crippen LogP contribution is -2.36. The van der Waals surface area contributed by atoms with Gasteiger partial charge in [0.25, 0.3) is 0 Å². The molecule has 0 unspecified atom stereocenters. The summed E-state index contributed by atoms with van der Waals surface area (Å²) in [6.07, 6.45) is 0.995. The molecule has 0 bridgehead atoms. The van der Waals surface area contributed by atoms with Crippen LogP contribution in [0.4, 0.5) is 10.5 Å². The topological polar surface area (TPSA) is 145 Å². The predicted molar refractivity (Wildman–Crippen MR) is 74.9 cm³/mol. The smallest absolute Gasteiger partial charge is 0.335 e. The first-order valence-corrected chi connectivity index (χ1v) is 7.64. The van der Waals surface area contributed by atoms with E-state index in [0.717, 1.165) is 12.3 Å². The van der Waals surface area contributed by atoms with E-state index in [0.29, 0.717) is 0 Å². The molecule has 1 rings (SSSR count). The average Bonchev–Trinajstić information content (AvgIpc) is 2.36. The van der Waals surface area contributed by atoms with Crippen molar-refractivity contribution in [2.75, 3.05) is 24.7 Å². The molecule has 0 aliphatic rings. The lowest BCUT2D eigenvalue weighted by molar-refractivity contribution is 0.0696. The molecule has 0 spiro atoms. The Morgan fingerprint density at radius 2 is 1.90 bits per heavy atom. The van der Waals surface area contributed by atoms with Crippen LogP contribution >= 0.6 is 0 Å². The van der Waals surface area contributed by atoms with Crippen LogP contribution in [0.5, 0.6) is 5.75 Å². The highest BCUT2D eigenvalue weighted by Gasteiger charge is 2.10. The van der Waals surface area contributed by atoms with Crippen LogP contribution in [-0.2, 0) is 10.0 Å². The van der Waals surface area contributed by atoms with Crippen LogP contribution in [-0.4, -0.2) is 50.0 Å². The van der Waals surface area contributed by atoms with Crippen molar-refractivity contribution in [3.8, 4) is 5.75 Å². The van der Waals surface area contributed by atoms with Crippen molar-refractivity contribution in [2.45, 2.75) is 0 Å². The molecule has 0 aliphatic carbocycles. The molecule has 1 aromatic rings. The number of carbonyl (C=O) groups excluding carboxylic acids is 1. The molecular weight excluding hydrogens is 302 g/mol. The molecule has 2 amide bonds.